The largest absolute Gasteiger partial charge is 0.496 e. The Morgan fingerprint density at radius 3 is 2.68 bits per heavy atom. The molecule has 0 aromatic heterocycles. The minimum Gasteiger partial charge on any atom is -0.496 e. The minimum atomic E-state index is -0.130. The quantitative estimate of drug-likeness (QED) is 0.509. The van der Waals surface area contributed by atoms with Crippen molar-refractivity contribution >= 4 is 5.91 Å². The number of hydrogen-bond acceptors (Lipinski definition) is 5. The molecule has 37 heavy (non-hydrogen) atoms. The maximum absolute atomic E-state index is 13.0. The van der Waals surface area contributed by atoms with Gasteiger partial charge in [0.15, 0.2) is 0 Å². The number of fused-ring (bicyclic) bond motifs is 3. The third kappa shape index (κ3) is 7.81. The summed E-state index contributed by atoms with van der Waals surface area (Å²) in [6.45, 7) is 9.38. The molecule has 6 heteroatoms. The van der Waals surface area contributed by atoms with Crippen LogP contribution in [0.2, 0.25) is 0 Å². The van der Waals surface area contributed by atoms with Gasteiger partial charge in [0.2, 0.25) is 0 Å². The van der Waals surface area contributed by atoms with Crippen LogP contribution in [0.5, 0.6) is 11.5 Å². The predicted octanol–water partition coefficient (Wildman–Crippen LogP) is 5.08. The van der Waals surface area contributed by atoms with Gasteiger partial charge in [-0.15, -0.1) is 0 Å². The van der Waals surface area contributed by atoms with Crippen molar-refractivity contribution in [3.8, 4) is 11.5 Å². The lowest BCUT2D eigenvalue weighted by atomic mass is 9.99. The van der Waals surface area contributed by atoms with Crippen molar-refractivity contribution in [1.29, 1.82) is 0 Å². The van der Waals surface area contributed by atoms with E-state index in [9.17, 15) is 4.79 Å². The Morgan fingerprint density at radius 1 is 1.00 bits per heavy atom. The molecule has 0 fully saturated rings. The molecule has 1 heterocycles. The van der Waals surface area contributed by atoms with Crippen LogP contribution in [0.1, 0.15) is 46.5 Å². The highest BCUT2D eigenvalue weighted by Gasteiger charge is 2.14. The molecule has 4 rings (SSSR count). The Morgan fingerprint density at radius 2 is 1.84 bits per heavy atom. The number of hydrogen-bond donors (Lipinski definition) is 1. The smallest absolute Gasteiger partial charge is 0.251 e. The standard InChI is InChI=1S/C31H38N2O4/c1-23(2)21-33-13-14-36-15-16-37-30-12-11-26(19-28(30)18-24-7-6-8-25(17-24)22-33)31(34)32-20-27-9-4-5-10-29(27)35-3/h4-12,17,19,23H,13-16,18,20-22H2,1-3H3,(H,32,34). The minimum absolute atomic E-state index is 0.130. The summed E-state index contributed by atoms with van der Waals surface area (Å²) in [6.07, 6.45) is 0.682. The van der Waals surface area contributed by atoms with Gasteiger partial charge in [-0.1, -0.05) is 56.3 Å². The first-order valence-electron chi connectivity index (χ1n) is 13.1. The first kappa shape index (κ1) is 26.7. The number of nitrogens with zero attached hydrogens (tertiary/aromatic N) is 1. The number of rotatable bonds is 6. The van der Waals surface area contributed by atoms with Crippen LogP contribution in [0, 0.1) is 5.92 Å². The SMILES string of the molecule is COc1ccccc1CNC(=O)c1ccc2c(c1)Cc1cccc(c1)CN(CC(C)C)CCOCCO2. The van der Waals surface area contributed by atoms with Gasteiger partial charge in [-0.2, -0.15) is 0 Å². The molecule has 0 radical (unpaired) electrons. The van der Waals surface area contributed by atoms with Gasteiger partial charge < -0.3 is 19.5 Å². The highest BCUT2D eigenvalue weighted by molar-refractivity contribution is 5.94. The van der Waals surface area contributed by atoms with Crippen molar-refractivity contribution < 1.29 is 19.0 Å². The maximum Gasteiger partial charge on any atom is 0.251 e. The third-order valence-electron chi connectivity index (χ3n) is 6.41. The number of carbonyl (C=O) groups is 1. The van der Waals surface area contributed by atoms with E-state index in [2.05, 4.69) is 48.3 Å². The van der Waals surface area contributed by atoms with Crippen LogP contribution >= 0.6 is 0 Å². The molecule has 0 unspecified atom stereocenters. The van der Waals surface area contributed by atoms with Crippen LogP contribution in [-0.4, -0.2) is 50.8 Å². The topological polar surface area (TPSA) is 60.0 Å². The molecule has 1 aliphatic rings. The molecule has 0 spiro atoms. The van der Waals surface area contributed by atoms with Crippen LogP contribution in [0.4, 0.5) is 0 Å². The molecular weight excluding hydrogens is 464 g/mol. The molecule has 0 aliphatic carbocycles. The van der Waals surface area contributed by atoms with Gasteiger partial charge >= 0.3 is 0 Å². The van der Waals surface area contributed by atoms with Crippen LogP contribution < -0.4 is 14.8 Å². The molecule has 196 valence electrons. The average Bonchev–Trinajstić information content (AvgIpc) is 2.89. The van der Waals surface area contributed by atoms with E-state index in [1.165, 1.54) is 11.1 Å². The van der Waals surface area contributed by atoms with E-state index >= 15 is 0 Å². The fourth-order valence-corrected chi connectivity index (χ4v) is 4.70. The van der Waals surface area contributed by atoms with Crippen molar-refractivity contribution in [2.75, 3.05) is 40.0 Å². The summed E-state index contributed by atoms with van der Waals surface area (Å²) in [5.74, 6) is 2.00. The monoisotopic (exact) mass is 502 g/mol. The fourth-order valence-electron chi connectivity index (χ4n) is 4.70. The molecule has 6 nitrogen and oxygen atoms in total. The normalized spacial score (nSPS) is 14.8. The van der Waals surface area contributed by atoms with Crippen molar-refractivity contribution in [2.45, 2.75) is 33.4 Å². The van der Waals surface area contributed by atoms with Crippen molar-refractivity contribution in [3.05, 3.63) is 94.5 Å². The average molecular weight is 503 g/mol. The Hall–Kier alpha value is -3.35. The van der Waals surface area contributed by atoms with Gasteiger partial charge in [-0.3, -0.25) is 9.69 Å². The second kappa shape index (κ2) is 13.3. The van der Waals surface area contributed by atoms with Crippen molar-refractivity contribution in [3.63, 3.8) is 0 Å². The van der Waals surface area contributed by atoms with E-state index in [1.54, 1.807) is 7.11 Å². The zero-order chi connectivity index (χ0) is 26.0. The fraction of sp³-hybridized carbons (Fsp3) is 0.387. The van der Waals surface area contributed by atoms with Gasteiger partial charge in [-0.05, 0) is 46.9 Å². The zero-order valence-electron chi connectivity index (χ0n) is 22.2. The van der Waals surface area contributed by atoms with Gasteiger partial charge in [0.25, 0.3) is 5.91 Å². The summed E-state index contributed by atoms with van der Waals surface area (Å²) < 4.78 is 17.4. The second-order valence-electron chi connectivity index (χ2n) is 9.90. The highest BCUT2D eigenvalue weighted by atomic mass is 16.5. The summed E-state index contributed by atoms with van der Waals surface area (Å²) in [4.78, 5) is 15.5. The summed E-state index contributed by atoms with van der Waals surface area (Å²) in [5, 5.41) is 3.02. The van der Waals surface area contributed by atoms with E-state index < -0.39 is 0 Å². The second-order valence-corrected chi connectivity index (χ2v) is 9.90. The van der Waals surface area contributed by atoms with Gasteiger partial charge in [0.05, 0.1) is 20.3 Å². The van der Waals surface area contributed by atoms with E-state index in [0.29, 0.717) is 44.3 Å². The highest BCUT2D eigenvalue weighted by Crippen LogP contribution is 2.25. The molecular formula is C31H38N2O4. The van der Waals surface area contributed by atoms with E-state index in [1.807, 2.05) is 42.5 Å². The number of carbonyl (C=O) groups excluding carboxylic acids is 1. The summed E-state index contributed by atoms with van der Waals surface area (Å²) in [5.41, 5.74) is 5.01. The van der Waals surface area contributed by atoms with E-state index in [-0.39, 0.29) is 5.91 Å². The molecule has 1 aliphatic heterocycles. The number of benzene rings is 3. The summed E-state index contributed by atoms with van der Waals surface area (Å²) in [7, 11) is 1.64. The predicted molar refractivity (Wildman–Crippen MR) is 146 cm³/mol. The van der Waals surface area contributed by atoms with Crippen LogP contribution in [0.15, 0.2) is 66.7 Å². The van der Waals surface area contributed by atoms with Gasteiger partial charge in [0, 0.05) is 43.7 Å². The number of ether oxygens (including phenoxy) is 3. The third-order valence-corrected chi connectivity index (χ3v) is 6.41. The zero-order valence-corrected chi connectivity index (χ0v) is 22.2. The van der Waals surface area contributed by atoms with E-state index in [4.69, 9.17) is 14.2 Å². The first-order chi connectivity index (χ1) is 18.0. The number of methoxy groups -OCH3 is 1. The lowest BCUT2D eigenvalue weighted by Crippen LogP contribution is -2.31. The maximum atomic E-state index is 13.0. The Balaban J connectivity index is 1.54. The summed E-state index contributed by atoms with van der Waals surface area (Å²) in [6, 6.07) is 22.1. The number of para-hydroxylation sites is 1. The number of nitrogens with one attached hydrogen (secondary N) is 1. The van der Waals surface area contributed by atoms with Crippen LogP contribution in [0.25, 0.3) is 0 Å². The van der Waals surface area contributed by atoms with E-state index in [0.717, 1.165) is 42.3 Å². The molecule has 0 saturated heterocycles. The molecule has 1 amide bonds. The lowest BCUT2D eigenvalue weighted by Gasteiger charge is -2.25. The molecule has 0 saturated carbocycles. The van der Waals surface area contributed by atoms with Crippen molar-refractivity contribution in [2.24, 2.45) is 5.92 Å². The molecule has 1 N–H and O–H groups in total. The summed E-state index contributed by atoms with van der Waals surface area (Å²) >= 11 is 0. The Bertz CT molecular complexity index is 1180. The molecule has 0 atom stereocenters. The molecule has 3 aromatic rings. The van der Waals surface area contributed by atoms with Crippen LogP contribution in [0.3, 0.4) is 0 Å². The van der Waals surface area contributed by atoms with Crippen LogP contribution in [-0.2, 0) is 24.2 Å². The first-order valence-corrected chi connectivity index (χ1v) is 13.1. The van der Waals surface area contributed by atoms with Gasteiger partial charge in [0.1, 0.15) is 18.1 Å². The Kier molecular flexibility index (Phi) is 9.58. The Labute approximate surface area is 220 Å². The van der Waals surface area contributed by atoms with Gasteiger partial charge in [-0.25, -0.2) is 0 Å². The molecule has 2 bridgehead atoms. The lowest BCUT2D eigenvalue weighted by molar-refractivity contribution is 0.0746. The van der Waals surface area contributed by atoms with Crippen molar-refractivity contribution in [1.82, 2.24) is 10.2 Å². The molecule has 3 aromatic carbocycles. The number of amides is 1.